The molecule has 0 aliphatic carbocycles. The summed E-state index contributed by atoms with van der Waals surface area (Å²) in [5, 5.41) is 6.70. The molecule has 148 valence electrons. The van der Waals surface area contributed by atoms with Gasteiger partial charge in [0.2, 0.25) is 0 Å². The molecule has 0 aliphatic rings. The summed E-state index contributed by atoms with van der Waals surface area (Å²) in [6.07, 6.45) is 4.75. The predicted molar refractivity (Wildman–Crippen MR) is 126 cm³/mol. The SMILES string of the molecule is CCNC(=NCc1ccccc1)NCCc1nccn1Cc1ccccc1.I. The number of nitrogens with zero attached hydrogens (tertiary/aromatic N) is 3. The van der Waals surface area contributed by atoms with Crippen molar-refractivity contribution in [1.29, 1.82) is 0 Å². The molecule has 1 aromatic heterocycles. The molecular formula is C22H28IN5. The Bertz CT molecular complexity index is 830. The summed E-state index contributed by atoms with van der Waals surface area (Å²) in [6, 6.07) is 20.7. The third-order valence-electron chi connectivity index (χ3n) is 4.25. The molecule has 3 aromatic rings. The fourth-order valence-corrected chi connectivity index (χ4v) is 2.88. The van der Waals surface area contributed by atoms with E-state index < -0.39 is 0 Å². The van der Waals surface area contributed by atoms with Gasteiger partial charge in [-0.25, -0.2) is 9.98 Å². The molecule has 0 atom stereocenters. The van der Waals surface area contributed by atoms with Gasteiger partial charge < -0.3 is 15.2 Å². The number of aliphatic imine (C=N–C) groups is 1. The van der Waals surface area contributed by atoms with Crippen molar-refractivity contribution in [2.45, 2.75) is 26.4 Å². The Balaban J connectivity index is 0.00000280. The number of aromatic nitrogens is 2. The fourth-order valence-electron chi connectivity index (χ4n) is 2.88. The summed E-state index contributed by atoms with van der Waals surface area (Å²) in [5.41, 5.74) is 2.48. The molecule has 2 aromatic carbocycles. The van der Waals surface area contributed by atoms with Crippen LogP contribution in [0.2, 0.25) is 0 Å². The Labute approximate surface area is 184 Å². The lowest BCUT2D eigenvalue weighted by atomic mass is 10.2. The van der Waals surface area contributed by atoms with Crippen LogP contribution in [0.1, 0.15) is 23.9 Å². The summed E-state index contributed by atoms with van der Waals surface area (Å²) < 4.78 is 2.20. The van der Waals surface area contributed by atoms with Crippen LogP contribution in [-0.4, -0.2) is 28.6 Å². The van der Waals surface area contributed by atoms with Crippen LogP contribution >= 0.6 is 24.0 Å². The van der Waals surface area contributed by atoms with Gasteiger partial charge in [0, 0.05) is 38.4 Å². The zero-order valence-corrected chi connectivity index (χ0v) is 18.5. The van der Waals surface area contributed by atoms with Gasteiger partial charge in [0.1, 0.15) is 5.82 Å². The van der Waals surface area contributed by atoms with Crippen LogP contribution in [0.15, 0.2) is 78.0 Å². The van der Waals surface area contributed by atoms with Crippen molar-refractivity contribution in [2.24, 2.45) is 4.99 Å². The second-order valence-electron chi connectivity index (χ2n) is 6.31. The van der Waals surface area contributed by atoms with Crippen molar-refractivity contribution in [3.8, 4) is 0 Å². The smallest absolute Gasteiger partial charge is 0.191 e. The molecule has 0 spiro atoms. The van der Waals surface area contributed by atoms with Crippen LogP contribution < -0.4 is 10.6 Å². The second kappa shape index (κ2) is 12.2. The van der Waals surface area contributed by atoms with Gasteiger partial charge >= 0.3 is 0 Å². The van der Waals surface area contributed by atoms with Crippen molar-refractivity contribution in [3.63, 3.8) is 0 Å². The molecule has 1 heterocycles. The molecule has 0 amide bonds. The van der Waals surface area contributed by atoms with Crippen LogP contribution in [0.3, 0.4) is 0 Å². The standard InChI is InChI=1S/C22H27N5.HI/c1-2-23-22(26-17-19-9-5-3-6-10-19)25-14-13-21-24-15-16-27(21)18-20-11-7-4-8-12-20;/h3-12,15-16H,2,13-14,17-18H2,1H3,(H2,23,25,26);1H. The molecule has 28 heavy (non-hydrogen) atoms. The highest BCUT2D eigenvalue weighted by atomic mass is 127. The minimum absolute atomic E-state index is 0. The van der Waals surface area contributed by atoms with E-state index in [0.717, 1.165) is 37.8 Å². The van der Waals surface area contributed by atoms with Crippen molar-refractivity contribution >= 4 is 29.9 Å². The summed E-state index contributed by atoms with van der Waals surface area (Å²) in [6.45, 7) is 5.21. The van der Waals surface area contributed by atoms with Gasteiger partial charge in [-0.2, -0.15) is 0 Å². The number of hydrogen-bond acceptors (Lipinski definition) is 2. The average Bonchev–Trinajstić information content (AvgIpc) is 3.14. The first-order chi connectivity index (χ1) is 13.3. The highest BCUT2D eigenvalue weighted by molar-refractivity contribution is 14.0. The second-order valence-corrected chi connectivity index (χ2v) is 6.31. The Kier molecular flexibility index (Phi) is 9.54. The molecule has 0 aliphatic heterocycles. The minimum Gasteiger partial charge on any atom is -0.357 e. The molecule has 0 fully saturated rings. The van der Waals surface area contributed by atoms with Gasteiger partial charge in [0.05, 0.1) is 6.54 Å². The van der Waals surface area contributed by atoms with Crippen molar-refractivity contribution < 1.29 is 0 Å². The molecule has 0 bridgehead atoms. The number of halogens is 1. The van der Waals surface area contributed by atoms with Gasteiger partial charge in [0.25, 0.3) is 0 Å². The van der Waals surface area contributed by atoms with E-state index >= 15 is 0 Å². The molecule has 0 saturated carbocycles. The third kappa shape index (κ3) is 6.99. The number of benzene rings is 2. The van der Waals surface area contributed by atoms with Gasteiger partial charge in [-0.1, -0.05) is 60.7 Å². The fraction of sp³-hybridized carbons (Fsp3) is 0.273. The number of guanidine groups is 1. The zero-order valence-electron chi connectivity index (χ0n) is 16.2. The largest absolute Gasteiger partial charge is 0.357 e. The first kappa shape index (κ1) is 21.9. The van der Waals surface area contributed by atoms with Gasteiger partial charge in [-0.3, -0.25) is 0 Å². The molecule has 3 rings (SSSR count). The predicted octanol–water partition coefficient (Wildman–Crippen LogP) is 3.85. The molecule has 2 N–H and O–H groups in total. The zero-order chi connectivity index (χ0) is 18.7. The Morgan fingerprint density at radius 2 is 1.64 bits per heavy atom. The monoisotopic (exact) mass is 489 g/mol. The van der Waals surface area contributed by atoms with E-state index in [2.05, 4.69) is 68.5 Å². The summed E-state index contributed by atoms with van der Waals surface area (Å²) in [5.74, 6) is 1.91. The summed E-state index contributed by atoms with van der Waals surface area (Å²) in [4.78, 5) is 9.17. The number of rotatable bonds is 8. The number of imidazole rings is 1. The van der Waals surface area contributed by atoms with Crippen LogP contribution in [0.4, 0.5) is 0 Å². The maximum Gasteiger partial charge on any atom is 0.191 e. The first-order valence-electron chi connectivity index (χ1n) is 9.45. The molecule has 0 radical (unpaired) electrons. The van der Waals surface area contributed by atoms with Crippen molar-refractivity contribution in [3.05, 3.63) is 90.0 Å². The van der Waals surface area contributed by atoms with Crippen LogP contribution in [0, 0.1) is 0 Å². The van der Waals surface area contributed by atoms with E-state index in [1.54, 1.807) is 0 Å². The maximum absolute atomic E-state index is 4.66. The Morgan fingerprint density at radius 3 is 2.32 bits per heavy atom. The van der Waals surface area contributed by atoms with Crippen molar-refractivity contribution in [2.75, 3.05) is 13.1 Å². The molecule has 6 heteroatoms. The topological polar surface area (TPSA) is 54.2 Å². The Hall–Kier alpha value is -2.35. The van der Waals surface area contributed by atoms with Crippen molar-refractivity contribution in [1.82, 2.24) is 20.2 Å². The van der Waals surface area contributed by atoms with E-state index in [1.165, 1.54) is 11.1 Å². The number of nitrogens with one attached hydrogen (secondary N) is 2. The third-order valence-corrected chi connectivity index (χ3v) is 4.25. The maximum atomic E-state index is 4.66. The van der Waals surface area contributed by atoms with Gasteiger partial charge in [-0.05, 0) is 18.1 Å². The highest BCUT2D eigenvalue weighted by Gasteiger charge is 2.04. The van der Waals surface area contributed by atoms with E-state index in [-0.39, 0.29) is 24.0 Å². The summed E-state index contributed by atoms with van der Waals surface area (Å²) in [7, 11) is 0. The lowest BCUT2D eigenvalue weighted by Crippen LogP contribution is -2.38. The molecule has 0 saturated heterocycles. The van der Waals surface area contributed by atoms with Gasteiger partial charge in [-0.15, -0.1) is 24.0 Å². The van der Waals surface area contributed by atoms with E-state index in [1.807, 2.05) is 36.7 Å². The van der Waals surface area contributed by atoms with E-state index in [4.69, 9.17) is 0 Å². The van der Waals surface area contributed by atoms with Gasteiger partial charge in [0.15, 0.2) is 5.96 Å². The quantitative estimate of drug-likeness (QED) is 0.287. The molecular weight excluding hydrogens is 461 g/mol. The normalized spacial score (nSPS) is 11.0. The molecule has 5 nitrogen and oxygen atoms in total. The lowest BCUT2D eigenvalue weighted by molar-refractivity contribution is 0.694. The highest BCUT2D eigenvalue weighted by Crippen LogP contribution is 2.06. The number of hydrogen-bond donors (Lipinski definition) is 2. The Morgan fingerprint density at radius 1 is 0.964 bits per heavy atom. The van der Waals surface area contributed by atoms with E-state index in [0.29, 0.717) is 6.54 Å². The van der Waals surface area contributed by atoms with Crippen LogP contribution in [0.5, 0.6) is 0 Å². The summed E-state index contributed by atoms with van der Waals surface area (Å²) >= 11 is 0. The average molecular weight is 489 g/mol. The minimum atomic E-state index is 0. The lowest BCUT2D eigenvalue weighted by Gasteiger charge is -2.12. The van der Waals surface area contributed by atoms with E-state index in [9.17, 15) is 0 Å². The van der Waals surface area contributed by atoms with Crippen LogP contribution in [0.25, 0.3) is 0 Å². The van der Waals surface area contributed by atoms with Crippen LogP contribution in [-0.2, 0) is 19.5 Å². The first-order valence-corrected chi connectivity index (χ1v) is 9.45. The molecule has 0 unspecified atom stereocenters.